The van der Waals surface area contributed by atoms with E-state index in [1.807, 2.05) is 56.4 Å². The molecule has 125 valence electrons. The SMILES string of the molecule is COc1ccc(C2=[C-]COS2=O)cc1.[C-]#[O+].[C-]#[O+].[CH]1[CH][CH][CH][CH]1.[Fe+2]. The quantitative estimate of drug-likeness (QED) is 0.445. The van der Waals surface area contributed by atoms with Crippen molar-refractivity contribution in [2.75, 3.05) is 13.7 Å². The van der Waals surface area contributed by atoms with E-state index in [0.29, 0.717) is 11.5 Å². The monoisotopic (exact) mass is 386 g/mol. The van der Waals surface area contributed by atoms with Gasteiger partial charge in [0.15, 0.2) is 11.1 Å². The molecule has 5 nitrogen and oxygen atoms in total. The molecule has 1 aromatic carbocycles. The first kappa shape index (κ1) is 25.1. The van der Waals surface area contributed by atoms with Gasteiger partial charge in [-0.1, -0.05) is 4.91 Å². The minimum absolute atomic E-state index is 0. The Morgan fingerprint density at radius 2 is 1.50 bits per heavy atom. The van der Waals surface area contributed by atoms with E-state index in [2.05, 4.69) is 19.4 Å². The minimum Gasteiger partial charge on any atom is -0.0312 e. The Labute approximate surface area is 156 Å². The summed E-state index contributed by atoms with van der Waals surface area (Å²) < 4.78 is 36.2. The maximum Gasteiger partial charge on any atom is 2.00 e. The van der Waals surface area contributed by atoms with Gasteiger partial charge in [0.25, 0.3) is 0 Å². The number of methoxy groups -OCH3 is 1. The molecule has 0 N–H and O–H groups in total. The van der Waals surface area contributed by atoms with Crippen LogP contribution >= 0.6 is 0 Å². The summed E-state index contributed by atoms with van der Waals surface area (Å²) in [6.45, 7) is 9.30. The molecule has 3 rings (SSSR count). The van der Waals surface area contributed by atoms with Crippen molar-refractivity contribution in [2.24, 2.45) is 0 Å². The largest absolute Gasteiger partial charge is 2.00 e. The van der Waals surface area contributed by atoms with Crippen LogP contribution in [0.5, 0.6) is 5.75 Å². The molecule has 0 aromatic heterocycles. The molecule has 1 aliphatic carbocycles. The Balaban J connectivity index is 0. The number of ether oxygens (including phenoxy) is 1. The van der Waals surface area contributed by atoms with Crippen LogP contribution in [0.2, 0.25) is 0 Å². The molecule has 0 spiro atoms. The van der Waals surface area contributed by atoms with Crippen LogP contribution in [0.3, 0.4) is 0 Å². The van der Waals surface area contributed by atoms with Crippen LogP contribution in [-0.4, -0.2) is 17.9 Å². The first-order valence-corrected chi connectivity index (χ1v) is 7.26. The summed E-state index contributed by atoms with van der Waals surface area (Å²) in [6.07, 6.45) is 12.9. The van der Waals surface area contributed by atoms with Gasteiger partial charge in [-0.2, -0.15) is 5.56 Å². The second kappa shape index (κ2) is 16.7. The van der Waals surface area contributed by atoms with Crippen molar-refractivity contribution < 1.29 is 39.5 Å². The van der Waals surface area contributed by atoms with Gasteiger partial charge in [0.1, 0.15) is 5.75 Å². The van der Waals surface area contributed by atoms with Gasteiger partial charge >= 0.3 is 39.7 Å². The molecular formula is C17H14FeO5S+. The molecule has 1 fully saturated rings. The topological polar surface area (TPSA) is 75.3 Å². The van der Waals surface area contributed by atoms with Crippen molar-refractivity contribution in [2.45, 2.75) is 0 Å². The van der Waals surface area contributed by atoms with Crippen molar-refractivity contribution in [1.82, 2.24) is 0 Å². The maximum absolute atomic E-state index is 11.3. The Kier molecular flexibility index (Phi) is 17.5. The number of rotatable bonds is 2. The van der Waals surface area contributed by atoms with Crippen molar-refractivity contribution in [3.05, 3.63) is 81.3 Å². The second-order valence-corrected chi connectivity index (χ2v) is 4.81. The molecule has 1 heterocycles. The van der Waals surface area contributed by atoms with E-state index in [0.717, 1.165) is 11.3 Å². The minimum atomic E-state index is -1.36. The van der Waals surface area contributed by atoms with Crippen molar-refractivity contribution in [1.29, 1.82) is 0 Å². The molecule has 1 atom stereocenters. The molecule has 7 heteroatoms. The zero-order valence-corrected chi connectivity index (χ0v) is 14.6. The number of hydrogen-bond donors (Lipinski definition) is 0. The molecule has 0 amide bonds. The second-order valence-electron chi connectivity index (χ2n) is 3.69. The van der Waals surface area contributed by atoms with Crippen LogP contribution in [0.4, 0.5) is 0 Å². The van der Waals surface area contributed by atoms with Crippen molar-refractivity contribution in [3.8, 4) is 5.75 Å². The zero-order valence-electron chi connectivity index (χ0n) is 12.7. The van der Waals surface area contributed by atoms with Crippen LogP contribution in [-0.2, 0) is 41.6 Å². The molecule has 0 saturated heterocycles. The van der Waals surface area contributed by atoms with Gasteiger partial charge in [-0.05, 0) is 44.2 Å². The van der Waals surface area contributed by atoms with Crippen LogP contribution in [0.1, 0.15) is 5.56 Å². The Bertz CT molecular complexity index is 519. The number of benzene rings is 1. The molecular weight excluding hydrogens is 372 g/mol. The van der Waals surface area contributed by atoms with E-state index >= 15 is 0 Å². The first-order valence-electron chi connectivity index (χ1n) is 6.19. The summed E-state index contributed by atoms with van der Waals surface area (Å²) in [5.74, 6) is 0.777. The third-order valence-electron chi connectivity index (χ3n) is 2.47. The molecule has 1 aromatic rings. The average molecular weight is 386 g/mol. The maximum atomic E-state index is 11.3. The Morgan fingerprint density at radius 1 is 1.04 bits per heavy atom. The summed E-state index contributed by atoms with van der Waals surface area (Å²) in [4.78, 5) is 0.618. The normalized spacial score (nSPS) is 17.2. The molecule has 1 aliphatic heterocycles. The van der Waals surface area contributed by atoms with Gasteiger partial charge in [0.2, 0.25) is 0 Å². The average Bonchev–Trinajstić information content (AvgIpc) is 3.33. The van der Waals surface area contributed by atoms with Crippen molar-refractivity contribution in [3.63, 3.8) is 0 Å². The first-order chi connectivity index (χ1) is 11.3. The van der Waals surface area contributed by atoms with Crippen LogP contribution < -0.4 is 4.74 Å². The zero-order chi connectivity index (χ0) is 17.5. The molecule has 1 saturated carbocycles. The third kappa shape index (κ3) is 9.23. The fourth-order valence-electron chi connectivity index (χ4n) is 1.53. The van der Waals surface area contributed by atoms with Crippen LogP contribution in [0.15, 0.2) is 24.3 Å². The van der Waals surface area contributed by atoms with E-state index in [4.69, 9.17) is 18.2 Å². The number of hydrogen-bond acceptors (Lipinski definition) is 3. The molecule has 5 radical (unpaired) electrons. The van der Waals surface area contributed by atoms with E-state index in [-0.39, 0.29) is 17.1 Å². The summed E-state index contributed by atoms with van der Waals surface area (Å²) in [6, 6.07) is 7.32. The molecule has 24 heavy (non-hydrogen) atoms. The van der Waals surface area contributed by atoms with Gasteiger partial charge in [-0.3, -0.25) is 0 Å². The van der Waals surface area contributed by atoms with Gasteiger partial charge < -0.3 is 8.92 Å². The van der Waals surface area contributed by atoms with E-state index < -0.39 is 11.1 Å². The van der Waals surface area contributed by atoms with Gasteiger partial charge in [0, 0.05) is 6.61 Å². The fourth-order valence-corrected chi connectivity index (χ4v) is 2.32. The van der Waals surface area contributed by atoms with E-state index in [1.54, 1.807) is 7.11 Å². The smallest absolute Gasteiger partial charge is 0.0312 e. The molecule has 1 unspecified atom stereocenters. The van der Waals surface area contributed by atoms with E-state index in [1.165, 1.54) is 0 Å². The summed E-state index contributed by atoms with van der Waals surface area (Å²) >= 11 is -1.36. The fraction of sp³-hybridized carbons (Fsp3) is 0.118. The Hall–Kier alpha value is -1.13. The Morgan fingerprint density at radius 3 is 1.83 bits per heavy atom. The standard InChI is InChI=1S/C10H9O3S.C5H5.2CO.Fe/c1-12-9-4-2-8(3-5-9)10-6-7-13-14(10)11;1-2-4-5-3-1;2*1-2;/h2-5H,7H2,1H3;1-5H;;;/q-1;;;;+2. The molecule has 0 bridgehead atoms. The van der Waals surface area contributed by atoms with Crippen LogP contribution in [0.25, 0.3) is 4.91 Å². The van der Waals surface area contributed by atoms with Gasteiger partial charge in [-0.25, -0.2) is 10.3 Å². The van der Waals surface area contributed by atoms with Gasteiger partial charge in [-0.15, -0.1) is 12.1 Å². The third-order valence-corrected chi connectivity index (χ3v) is 3.52. The predicted molar refractivity (Wildman–Crippen MR) is 83.1 cm³/mol. The van der Waals surface area contributed by atoms with Crippen LogP contribution in [0, 0.1) is 51.5 Å². The van der Waals surface area contributed by atoms with Crippen molar-refractivity contribution >= 4 is 16.0 Å². The molecule has 2 aliphatic rings. The predicted octanol–water partition coefficient (Wildman–Crippen LogP) is 2.48. The summed E-state index contributed by atoms with van der Waals surface area (Å²) in [5.41, 5.74) is 0.863. The van der Waals surface area contributed by atoms with Gasteiger partial charge in [0.05, 0.1) is 7.11 Å². The summed E-state index contributed by atoms with van der Waals surface area (Å²) in [7, 11) is 1.61. The van der Waals surface area contributed by atoms with E-state index in [9.17, 15) is 4.21 Å². The summed E-state index contributed by atoms with van der Waals surface area (Å²) in [5, 5.41) is 0.